The maximum absolute atomic E-state index is 14.0. The number of piperazine rings is 1. The van der Waals surface area contributed by atoms with Crippen molar-refractivity contribution in [2.45, 2.75) is 6.54 Å². The third-order valence-corrected chi connectivity index (χ3v) is 6.16. The summed E-state index contributed by atoms with van der Waals surface area (Å²) in [5.74, 6) is -0.312. The first kappa shape index (κ1) is 19.1. The van der Waals surface area contributed by atoms with Gasteiger partial charge >= 0.3 is 0 Å². The number of carbonyl (C=O) groups is 1. The molecule has 3 aromatic rings. The smallest absolute Gasteiger partial charge is 0.246 e. The van der Waals surface area contributed by atoms with E-state index in [2.05, 4.69) is 9.88 Å². The van der Waals surface area contributed by atoms with Gasteiger partial charge in [0.25, 0.3) is 0 Å². The molecule has 0 bridgehead atoms. The average Bonchev–Trinajstić information content (AvgIpc) is 3.12. The molecule has 1 aliphatic rings. The Labute approximate surface area is 171 Å². The van der Waals surface area contributed by atoms with Crippen molar-refractivity contribution in [3.63, 3.8) is 0 Å². The van der Waals surface area contributed by atoms with Gasteiger partial charge in [-0.2, -0.15) is 0 Å². The van der Waals surface area contributed by atoms with Gasteiger partial charge in [-0.15, -0.1) is 11.3 Å². The topological polar surface area (TPSA) is 36.4 Å². The molecule has 4 rings (SSSR count). The molecule has 1 amide bonds. The Morgan fingerprint density at radius 1 is 1.14 bits per heavy atom. The number of hydrogen-bond donors (Lipinski definition) is 0. The molecule has 2 aromatic carbocycles. The van der Waals surface area contributed by atoms with Crippen LogP contribution in [-0.4, -0.2) is 46.9 Å². The molecule has 0 radical (unpaired) electrons. The van der Waals surface area contributed by atoms with Crippen LogP contribution in [0.15, 0.2) is 48.5 Å². The number of hydrogen-bond acceptors (Lipinski definition) is 4. The standard InChI is InChI=1S/C21H19ClFN3OS/c22-16-4-3-5-17(23)15(16)14-25-10-12-26(13-11-25)21(27)9-8-20-24-18-6-1-2-7-19(18)28-20/h1-9H,10-14H2/b9-8+. The van der Waals surface area contributed by atoms with Crippen molar-refractivity contribution in [1.29, 1.82) is 0 Å². The van der Waals surface area contributed by atoms with Crippen molar-refractivity contribution >= 4 is 45.1 Å². The average molecular weight is 416 g/mol. The predicted molar refractivity (Wildman–Crippen MR) is 112 cm³/mol. The molecule has 0 unspecified atom stereocenters. The lowest BCUT2D eigenvalue weighted by atomic mass is 10.2. The van der Waals surface area contributed by atoms with Crippen LogP contribution in [0.25, 0.3) is 16.3 Å². The van der Waals surface area contributed by atoms with E-state index in [1.165, 1.54) is 6.07 Å². The highest BCUT2D eigenvalue weighted by Crippen LogP contribution is 2.23. The zero-order valence-electron chi connectivity index (χ0n) is 15.1. The summed E-state index contributed by atoms with van der Waals surface area (Å²) in [6.45, 7) is 3.04. The van der Waals surface area contributed by atoms with E-state index < -0.39 is 0 Å². The molecule has 0 saturated carbocycles. The van der Waals surface area contributed by atoms with E-state index in [-0.39, 0.29) is 11.7 Å². The number of amides is 1. The molecule has 28 heavy (non-hydrogen) atoms. The van der Waals surface area contributed by atoms with Crippen LogP contribution in [0.5, 0.6) is 0 Å². The molecule has 0 N–H and O–H groups in total. The monoisotopic (exact) mass is 415 g/mol. The predicted octanol–water partition coefficient (Wildman–Crippen LogP) is 4.45. The molecule has 4 nitrogen and oxygen atoms in total. The summed E-state index contributed by atoms with van der Waals surface area (Å²) >= 11 is 7.68. The van der Waals surface area contributed by atoms with Crippen LogP contribution in [0.4, 0.5) is 4.39 Å². The van der Waals surface area contributed by atoms with Gasteiger partial charge in [0.1, 0.15) is 10.8 Å². The SMILES string of the molecule is O=C(/C=C/c1nc2ccccc2s1)N1CCN(Cc2c(F)cccc2Cl)CC1. The zero-order valence-corrected chi connectivity index (χ0v) is 16.7. The lowest BCUT2D eigenvalue weighted by Gasteiger charge is -2.34. The van der Waals surface area contributed by atoms with Crippen molar-refractivity contribution < 1.29 is 9.18 Å². The van der Waals surface area contributed by atoms with Crippen molar-refractivity contribution in [2.24, 2.45) is 0 Å². The fraction of sp³-hybridized carbons (Fsp3) is 0.238. The fourth-order valence-electron chi connectivity index (χ4n) is 3.24. The second-order valence-electron chi connectivity index (χ2n) is 6.65. The van der Waals surface area contributed by atoms with E-state index in [1.807, 2.05) is 29.2 Å². The Kier molecular flexibility index (Phi) is 5.71. The van der Waals surface area contributed by atoms with E-state index in [1.54, 1.807) is 35.6 Å². The maximum Gasteiger partial charge on any atom is 0.246 e. The maximum atomic E-state index is 14.0. The van der Waals surface area contributed by atoms with E-state index in [4.69, 9.17) is 11.6 Å². The van der Waals surface area contributed by atoms with Crippen molar-refractivity contribution in [3.8, 4) is 0 Å². The van der Waals surface area contributed by atoms with Crippen LogP contribution < -0.4 is 0 Å². The van der Waals surface area contributed by atoms with Gasteiger partial charge in [-0.1, -0.05) is 29.8 Å². The number of halogens is 2. The van der Waals surface area contributed by atoms with Gasteiger partial charge in [0.05, 0.1) is 10.2 Å². The highest BCUT2D eigenvalue weighted by atomic mass is 35.5. The summed E-state index contributed by atoms with van der Waals surface area (Å²) in [6, 6.07) is 12.6. The minimum atomic E-state index is -0.287. The molecule has 1 aromatic heterocycles. The largest absolute Gasteiger partial charge is 0.337 e. The number of para-hydroxylation sites is 1. The zero-order chi connectivity index (χ0) is 19.5. The number of nitrogens with zero attached hydrogens (tertiary/aromatic N) is 3. The van der Waals surface area contributed by atoms with Gasteiger partial charge < -0.3 is 4.90 Å². The molecule has 1 fully saturated rings. The minimum absolute atomic E-state index is 0.0252. The number of aromatic nitrogens is 1. The lowest BCUT2D eigenvalue weighted by molar-refractivity contribution is -0.127. The summed E-state index contributed by atoms with van der Waals surface area (Å²) in [4.78, 5) is 20.9. The Hall–Kier alpha value is -2.28. The lowest BCUT2D eigenvalue weighted by Crippen LogP contribution is -2.47. The van der Waals surface area contributed by atoms with Gasteiger partial charge in [0, 0.05) is 49.4 Å². The van der Waals surface area contributed by atoms with E-state index in [0.29, 0.717) is 43.3 Å². The van der Waals surface area contributed by atoms with Crippen LogP contribution in [0, 0.1) is 5.82 Å². The summed E-state index contributed by atoms with van der Waals surface area (Å²) < 4.78 is 15.1. The van der Waals surface area contributed by atoms with Crippen LogP contribution in [0.3, 0.4) is 0 Å². The normalized spacial score (nSPS) is 15.6. The first-order chi connectivity index (χ1) is 13.6. The minimum Gasteiger partial charge on any atom is -0.337 e. The summed E-state index contributed by atoms with van der Waals surface area (Å²) in [6.07, 6.45) is 3.36. The Balaban J connectivity index is 1.33. The first-order valence-electron chi connectivity index (χ1n) is 9.08. The summed E-state index contributed by atoms with van der Waals surface area (Å²) in [5, 5.41) is 1.26. The van der Waals surface area contributed by atoms with Crippen LogP contribution in [0.2, 0.25) is 5.02 Å². The van der Waals surface area contributed by atoms with Crippen molar-refractivity contribution in [1.82, 2.24) is 14.8 Å². The van der Waals surface area contributed by atoms with E-state index >= 15 is 0 Å². The molecule has 144 valence electrons. The highest BCUT2D eigenvalue weighted by molar-refractivity contribution is 7.19. The Morgan fingerprint density at radius 3 is 2.68 bits per heavy atom. The fourth-order valence-corrected chi connectivity index (χ4v) is 4.34. The van der Waals surface area contributed by atoms with Crippen molar-refractivity contribution in [2.75, 3.05) is 26.2 Å². The Bertz CT molecular complexity index is 974. The van der Waals surface area contributed by atoms with Crippen LogP contribution in [-0.2, 0) is 11.3 Å². The van der Waals surface area contributed by atoms with E-state index in [9.17, 15) is 9.18 Å². The molecule has 7 heteroatoms. The Morgan fingerprint density at radius 2 is 1.93 bits per heavy atom. The number of carbonyl (C=O) groups excluding carboxylic acids is 1. The second kappa shape index (κ2) is 8.39. The molecular formula is C21H19ClFN3OS. The third kappa shape index (κ3) is 4.24. The molecule has 2 heterocycles. The van der Waals surface area contributed by atoms with Gasteiger partial charge in [-0.05, 0) is 30.3 Å². The van der Waals surface area contributed by atoms with Gasteiger partial charge in [0.2, 0.25) is 5.91 Å². The quantitative estimate of drug-likeness (QED) is 0.591. The van der Waals surface area contributed by atoms with Gasteiger partial charge in [0.15, 0.2) is 0 Å². The molecule has 0 aliphatic carbocycles. The molecule has 0 spiro atoms. The molecule has 1 aliphatic heterocycles. The van der Waals surface area contributed by atoms with Crippen LogP contribution >= 0.6 is 22.9 Å². The van der Waals surface area contributed by atoms with Gasteiger partial charge in [-0.25, -0.2) is 9.37 Å². The van der Waals surface area contributed by atoms with Crippen LogP contribution in [0.1, 0.15) is 10.6 Å². The molecular weight excluding hydrogens is 397 g/mol. The molecule has 0 atom stereocenters. The number of rotatable bonds is 4. The third-order valence-electron chi connectivity index (χ3n) is 4.81. The van der Waals surface area contributed by atoms with E-state index in [0.717, 1.165) is 15.2 Å². The van der Waals surface area contributed by atoms with Crippen molar-refractivity contribution in [3.05, 3.63) is 70.0 Å². The first-order valence-corrected chi connectivity index (χ1v) is 10.3. The number of fused-ring (bicyclic) bond motifs is 1. The van der Waals surface area contributed by atoms with Gasteiger partial charge in [-0.3, -0.25) is 9.69 Å². The molecule has 1 saturated heterocycles. The summed E-state index contributed by atoms with van der Waals surface area (Å²) in [5.41, 5.74) is 1.46. The number of benzene rings is 2. The number of thiazole rings is 1. The summed E-state index contributed by atoms with van der Waals surface area (Å²) in [7, 11) is 0. The highest BCUT2D eigenvalue weighted by Gasteiger charge is 2.21. The second-order valence-corrected chi connectivity index (χ2v) is 8.12.